The summed E-state index contributed by atoms with van der Waals surface area (Å²) in [5, 5.41) is 0. The van der Waals surface area contributed by atoms with Crippen molar-refractivity contribution in [3.05, 3.63) is 0 Å². The van der Waals surface area contributed by atoms with E-state index in [1.165, 1.54) is 0 Å². The minimum absolute atomic E-state index is 0.0811. The lowest BCUT2D eigenvalue weighted by Gasteiger charge is -2.31. The molecule has 0 amide bonds. The summed E-state index contributed by atoms with van der Waals surface area (Å²) in [6.07, 6.45) is 4.29. The highest BCUT2D eigenvalue weighted by Gasteiger charge is 2.17. The third kappa shape index (κ3) is 1.88. The number of cyclic esters (lactones) is 1. The molecule has 0 bridgehead atoms. The van der Waals surface area contributed by atoms with Crippen LogP contribution < -0.4 is 0 Å². The molecule has 1 saturated heterocycles. The molecule has 3 nitrogen and oxygen atoms in total. The number of carbonyl (C=O) groups is 1. The van der Waals surface area contributed by atoms with Crippen LogP contribution in [0.1, 0.15) is 0 Å². The average Bonchev–Trinajstić information content (AvgIpc) is 1.88. The highest BCUT2D eigenvalue weighted by molar-refractivity contribution is 8.13. The largest absolute Gasteiger partial charge is 0.463 e. The van der Waals surface area contributed by atoms with Gasteiger partial charge in [-0.1, -0.05) is 0 Å². The zero-order chi connectivity index (χ0) is 7.56. The molecule has 0 aromatic carbocycles. The summed E-state index contributed by atoms with van der Waals surface area (Å²) >= 11 is -0.113. The van der Waals surface area contributed by atoms with Crippen LogP contribution in [-0.2, 0) is 9.53 Å². The second kappa shape index (κ2) is 3.25. The van der Waals surface area contributed by atoms with Crippen molar-refractivity contribution in [1.82, 2.24) is 4.31 Å². The molecule has 0 aromatic heterocycles. The Morgan fingerprint density at radius 3 is 2.70 bits per heavy atom. The van der Waals surface area contributed by atoms with Crippen LogP contribution in [0, 0.1) is 0 Å². The Labute approximate surface area is 63.8 Å². The van der Waals surface area contributed by atoms with Crippen LogP contribution in [0.15, 0.2) is 0 Å². The van der Waals surface area contributed by atoms with Gasteiger partial charge in [0.25, 0.3) is 0 Å². The zero-order valence-electron chi connectivity index (χ0n) is 6.33. The summed E-state index contributed by atoms with van der Waals surface area (Å²) in [4.78, 5) is 10.7. The van der Waals surface area contributed by atoms with Gasteiger partial charge in [-0.25, -0.2) is 11.1 Å². The Kier molecular flexibility index (Phi) is 2.56. The standard InChI is InChI=1S/C6H13NO2S/c1-10(2)7-3-4-9-6(8)5-7/h10H,3-5H2,1-2H3. The highest BCUT2D eigenvalue weighted by atomic mass is 32.2. The molecule has 0 unspecified atom stereocenters. The SMILES string of the molecule is C[SH](C)N1CCOC(=O)C1. The molecule has 0 radical (unpaired) electrons. The monoisotopic (exact) mass is 163 g/mol. The number of hydrogen-bond donors (Lipinski definition) is 1. The lowest BCUT2D eigenvalue weighted by Crippen LogP contribution is -2.36. The summed E-state index contributed by atoms with van der Waals surface area (Å²) in [6, 6.07) is 0. The molecular formula is C6H13NO2S. The maximum Gasteiger partial charge on any atom is 0.321 e. The number of esters is 1. The molecule has 0 N–H and O–H groups in total. The summed E-state index contributed by atoms with van der Waals surface area (Å²) in [6.45, 7) is 1.96. The van der Waals surface area contributed by atoms with Crippen LogP contribution in [0.3, 0.4) is 0 Å². The van der Waals surface area contributed by atoms with Crippen LogP contribution in [0.2, 0.25) is 0 Å². The van der Waals surface area contributed by atoms with E-state index < -0.39 is 0 Å². The molecule has 1 fully saturated rings. The van der Waals surface area contributed by atoms with Crippen molar-refractivity contribution in [2.75, 3.05) is 32.2 Å². The highest BCUT2D eigenvalue weighted by Crippen LogP contribution is 2.21. The van der Waals surface area contributed by atoms with E-state index in [0.29, 0.717) is 13.2 Å². The van der Waals surface area contributed by atoms with Crippen LogP contribution in [-0.4, -0.2) is 42.5 Å². The Balaban J connectivity index is 2.39. The quantitative estimate of drug-likeness (QED) is 0.436. The first-order chi connectivity index (χ1) is 4.70. The molecule has 0 saturated carbocycles. The smallest absolute Gasteiger partial charge is 0.321 e. The van der Waals surface area contributed by atoms with Gasteiger partial charge in [0, 0.05) is 6.54 Å². The molecular weight excluding hydrogens is 150 g/mol. The van der Waals surface area contributed by atoms with Crippen molar-refractivity contribution in [3.63, 3.8) is 0 Å². The molecule has 0 aromatic rings. The third-order valence-electron chi connectivity index (χ3n) is 1.49. The summed E-state index contributed by atoms with van der Waals surface area (Å²) < 4.78 is 6.96. The predicted octanol–water partition coefficient (Wildman–Crippen LogP) is 0.0210. The number of rotatable bonds is 1. The number of ether oxygens (including phenoxy) is 1. The van der Waals surface area contributed by atoms with Gasteiger partial charge in [0.1, 0.15) is 13.2 Å². The summed E-state index contributed by atoms with van der Waals surface area (Å²) in [7, 11) is 0. The number of hydrogen-bond acceptors (Lipinski definition) is 3. The van der Waals surface area contributed by atoms with Gasteiger partial charge in [0.2, 0.25) is 0 Å². The van der Waals surface area contributed by atoms with Crippen molar-refractivity contribution >= 4 is 17.1 Å². The third-order valence-corrected chi connectivity index (χ3v) is 2.96. The van der Waals surface area contributed by atoms with Gasteiger partial charge in [-0.15, -0.1) is 0 Å². The Hall–Kier alpha value is -0.220. The molecule has 1 aliphatic rings. The predicted molar refractivity (Wildman–Crippen MR) is 43.4 cm³/mol. The topological polar surface area (TPSA) is 29.5 Å². The van der Waals surface area contributed by atoms with Crippen molar-refractivity contribution in [2.45, 2.75) is 0 Å². The van der Waals surface area contributed by atoms with Gasteiger partial charge in [0.15, 0.2) is 0 Å². The molecule has 0 spiro atoms. The van der Waals surface area contributed by atoms with E-state index in [4.69, 9.17) is 4.74 Å². The molecule has 1 rings (SSSR count). The maximum atomic E-state index is 10.7. The second-order valence-corrected chi connectivity index (χ2v) is 4.72. The Bertz CT molecular complexity index is 138. The number of morpholine rings is 1. The van der Waals surface area contributed by atoms with Crippen LogP contribution in [0.25, 0.3) is 0 Å². The maximum absolute atomic E-state index is 10.7. The summed E-state index contributed by atoms with van der Waals surface area (Å²) in [5.41, 5.74) is 0. The van der Waals surface area contributed by atoms with Gasteiger partial charge >= 0.3 is 5.97 Å². The molecule has 0 atom stereocenters. The molecule has 4 heteroatoms. The molecule has 10 heavy (non-hydrogen) atoms. The lowest BCUT2D eigenvalue weighted by molar-refractivity contribution is -0.147. The van der Waals surface area contributed by atoms with E-state index in [1.54, 1.807) is 0 Å². The van der Waals surface area contributed by atoms with Gasteiger partial charge in [-0.05, 0) is 12.5 Å². The van der Waals surface area contributed by atoms with Gasteiger partial charge < -0.3 is 4.74 Å². The Morgan fingerprint density at radius 1 is 1.60 bits per heavy atom. The van der Waals surface area contributed by atoms with Crippen molar-refractivity contribution in [1.29, 1.82) is 0 Å². The van der Waals surface area contributed by atoms with Crippen LogP contribution in [0.5, 0.6) is 0 Å². The number of nitrogens with zero attached hydrogens (tertiary/aromatic N) is 1. The normalized spacial score (nSPS) is 22.2. The molecule has 0 aliphatic carbocycles. The van der Waals surface area contributed by atoms with Crippen molar-refractivity contribution in [3.8, 4) is 0 Å². The van der Waals surface area contributed by atoms with Gasteiger partial charge in [0.05, 0.1) is 0 Å². The van der Waals surface area contributed by atoms with Crippen molar-refractivity contribution < 1.29 is 9.53 Å². The fourth-order valence-electron chi connectivity index (χ4n) is 0.880. The lowest BCUT2D eigenvalue weighted by atomic mass is 10.5. The van der Waals surface area contributed by atoms with Crippen molar-refractivity contribution in [2.24, 2.45) is 0 Å². The zero-order valence-corrected chi connectivity index (χ0v) is 7.23. The fourth-order valence-corrected chi connectivity index (χ4v) is 1.76. The number of carbonyl (C=O) groups excluding carboxylic acids is 1. The van der Waals surface area contributed by atoms with E-state index in [-0.39, 0.29) is 17.1 Å². The minimum Gasteiger partial charge on any atom is -0.463 e. The number of thiol groups is 1. The first-order valence-electron chi connectivity index (χ1n) is 3.28. The van der Waals surface area contributed by atoms with E-state index >= 15 is 0 Å². The van der Waals surface area contributed by atoms with E-state index in [9.17, 15) is 4.79 Å². The van der Waals surface area contributed by atoms with E-state index in [0.717, 1.165) is 6.54 Å². The van der Waals surface area contributed by atoms with E-state index in [2.05, 4.69) is 16.8 Å². The first kappa shape index (κ1) is 7.88. The Morgan fingerprint density at radius 2 is 2.30 bits per heavy atom. The molecule has 60 valence electrons. The van der Waals surface area contributed by atoms with Gasteiger partial charge in [-0.3, -0.25) is 9.10 Å². The van der Waals surface area contributed by atoms with Gasteiger partial charge in [-0.2, -0.15) is 0 Å². The molecule has 1 aliphatic heterocycles. The minimum atomic E-state index is -0.113. The summed E-state index contributed by atoms with van der Waals surface area (Å²) in [5.74, 6) is -0.0811. The second-order valence-electron chi connectivity index (χ2n) is 2.46. The average molecular weight is 163 g/mol. The van der Waals surface area contributed by atoms with Crippen LogP contribution in [0.4, 0.5) is 0 Å². The van der Waals surface area contributed by atoms with E-state index in [1.807, 2.05) is 0 Å². The fraction of sp³-hybridized carbons (Fsp3) is 0.833. The van der Waals surface area contributed by atoms with Crippen LogP contribution >= 0.6 is 11.1 Å². The molecule has 1 heterocycles. The first-order valence-corrected chi connectivity index (χ1v) is 5.47.